The summed E-state index contributed by atoms with van der Waals surface area (Å²) in [6.07, 6.45) is 6.43. The highest BCUT2D eigenvalue weighted by Gasteiger charge is 2.08. The third kappa shape index (κ3) is 5.85. The molecule has 28 heavy (non-hydrogen) atoms. The third-order valence-electron chi connectivity index (χ3n) is 5.13. The maximum atomic E-state index is 5.54. The van der Waals surface area contributed by atoms with Gasteiger partial charge in [-0.3, -0.25) is 0 Å². The summed E-state index contributed by atoms with van der Waals surface area (Å²) in [6, 6.07) is 28.1. The number of hydrogen-bond donors (Lipinski definition) is 0. The van der Waals surface area contributed by atoms with Gasteiger partial charge in [0, 0.05) is 5.92 Å². The van der Waals surface area contributed by atoms with Gasteiger partial charge in [-0.2, -0.15) is 0 Å². The Morgan fingerprint density at radius 2 is 1.57 bits per heavy atom. The summed E-state index contributed by atoms with van der Waals surface area (Å²) in [5.74, 6) is 1.33. The summed E-state index contributed by atoms with van der Waals surface area (Å²) in [4.78, 5) is 0. The van der Waals surface area contributed by atoms with Crippen molar-refractivity contribution >= 4 is 0 Å². The summed E-state index contributed by atoms with van der Waals surface area (Å²) >= 11 is 0. The van der Waals surface area contributed by atoms with E-state index in [0.717, 1.165) is 31.4 Å². The van der Waals surface area contributed by atoms with Crippen molar-refractivity contribution in [2.45, 2.75) is 38.5 Å². The second kappa shape index (κ2) is 10.5. The molecular formula is C27H30O. The molecule has 1 unspecified atom stereocenters. The average molecular weight is 371 g/mol. The van der Waals surface area contributed by atoms with Crippen molar-refractivity contribution in [2.24, 2.45) is 0 Å². The second-order valence-corrected chi connectivity index (χ2v) is 7.22. The second-order valence-electron chi connectivity index (χ2n) is 7.22. The van der Waals surface area contributed by atoms with Crippen LogP contribution in [0.3, 0.4) is 0 Å². The normalized spacial score (nSPS) is 11.8. The van der Waals surface area contributed by atoms with Crippen molar-refractivity contribution in [1.82, 2.24) is 0 Å². The average Bonchev–Trinajstić information content (AvgIpc) is 2.73. The fourth-order valence-corrected chi connectivity index (χ4v) is 3.65. The SMILES string of the molecule is C=CC(CCCc1cccc(Cc2ccccc2)c1)c1ccc(OCC)cc1. The van der Waals surface area contributed by atoms with E-state index in [1.807, 2.05) is 6.92 Å². The lowest BCUT2D eigenvalue weighted by molar-refractivity contribution is 0.340. The summed E-state index contributed by atoms with van der Waals surface area (Å²) in [5.41, 5.74) is 5.48. The fourth-order valence-electron chi connectivity index (χ4n) is 3.65. The molecule has 0 aliphatic heterocycles. The highest BCUT2D eigenvalue weighted by Crippen LogP contribution is 2.25. The van der Waals surface area contributed by atoms with Crippen LogP contribution in [0.2, 0.25) is 0 Å². The number of hydrogen-bond acceptors (Lipinski definition) is 1. The van der Waals surface area contributed by atoms with Crippen molar-refractivity contribution < 1.29 is 4.74 Å². The molecule has 0 radical (unpaired) electrons. The van der Waals surface area contributed by atoms with E-state index in [2.05, 4.69) is 91.5 Å². The van der Waals surface area contributed by atoms with Crippen LogP contribution < -0.4 is 4.74 Å². The Balaban J connectivity index is 1.54. The van der Waals surface area contributed by atoms with Crippen LogP contribution in [0.25, 0.3) is 0 Å². The minimum Gasteiger partial charge on any atom is -0.494 e. The van der Waals surface area contributed by atoms with Gasteiger partial charge in [0.1, 0.15) is 5.75 Å². The highest BCUT2D eigenvalue weighted by atomic mass is 16.5. The minimum atomic E-state index is 0.392. The molecule has 0 saturated carbocycles. The van der Waals surface area contributed by atoms with E-state index in [1.165, 1.54) is 22.3 Å². The van der Waals surface area contributed by atoms with Gasteiger partial charge in [0.15, 0.2) is 0 Å². The molecule has 1 nitrogen and oxygen atoms in total. The molecule has 0 amide bonds. The Bertz CT molecular complexity index is 849. The Hall–Kier alpha value is -2.80. The smallest absolute Gasteiger partial charge is 0.119 e. The Kier molecular flexibility index (Phi) is 7.49. The predicted octanol–water partition coefficient (Wildman–Crippen LogP) is 6.97. The van der Waals surface area contributed by atoms with Crippen molar-refractivity contribution in [3.8, 4) is 5.75 Å². The van der Waals surface area contributed by atoms with E-state index in [9.17, 15) is 0 Å². The van der Waals surface area contributed by atoms with Gasteiger partial charge < -0.3 is 4.74 Å². The van der Waals surface area contributed by atoms with Crippen LogP contribution in [0.5, 0.6) is 5.75 Å². The molecule has 3 rings (SSSR count). The molecular weight excluding hydrogens is 340 g/mol. The summed E-state index contributed by atoms with van der Waals surface area (Å²) < 4.78 is 5.54. The zero-order chi connectivity index (χ0) is 19.6. The van der Waals surface area contributed by atoms with Gasteiger partial charge in [0.05, 0.1) is 6.61 Å². The summed E-state index contributed by atoms with van der Waals surface area (Å²) in [7, 11) is 0. The van der Waals surface area contributed by atoms with Gasteiger partial charge in [-0.15, -0.1) is 6.58 Å². The van der Waals surface area contributed by atoms with E-state index in [0.29, 0.717) is 12.5 Å². The molecule has 0 N–H and O–H groups in total. The Labute approximate surface area is 169 Å². The van der Waals surface area contributed by atoms with Crippen LogP contribution in [-0.2, 0) is 12.8 Å². The number of aryl methyl sites for hydroxylation is 1. The molecule has 0 heterocycles. The maximum absolute atomic E-state index is 5.54. The maximum Gasteiger partial charge on any atom is 0.119 e. The van der Waals surface area contributed by atoms with Crippen molar-refractivity contribution in [2.75, 3.05) is 6.61 Å². The number of benzene rings is 3. The highest BCUT2D eigenvalue weighted by molar-refractivity contribution is 5.32. The molecule has 3 aromatic carbocycles. The molecule has 3 aromatic rings. The van der Waals surface area contributed by atoms with Crippen LogP contribution in [0.1, 0.15) is 47.9 Å². The van der Waals surface area contributed by atoms with Gasteiger partial charge in [-0.1, -0.05) is 72.8 Å². The van der Waals surface area contributed by atoms with Gasteiger partial charge in [0.25, 0.3) is 0 Å². The van der Waals surface area contributed by atoms with Crippen LogP contribution in [0.4, 0.5) is 0 Å². The zero-order valence-electron chi connectivity index (χ0n) is 16.8. The van der Waals surface area contributed by atoms with Crippen LogP contribution >= 0.6 is 0 Å². The van der Waals surface area contributed by atoms with Crippen LogP contribution in [-0.4, -0.2) is 6.61 Å². The van der Waals surface area contributed by atoms with E-state index >= 15 is 0 Å². The van der Waals surface area contributed by atoms with Gasteiger partial charge >= 0.3 is 0 Å². The first-order valence-corrected chi connectivity index (χ1v) is 10.3. The fraction of sp³-hybridized carbons (Fsp3) is 0.259. The van der Waals surface area contributed by atoms with Gasteiger partial charge in [-0.05, 0) is 67.0 Å². The van der Waals surface area contributed by atoms with E-state index in [-0.39, 0.29) is 0 Å². The molecule has 1 atom stereocenters. The quantitative estimate of drug-likeness (QED) is 0.350. The summed E-state index contributed by atoms with van der Waals surface area (Å²) in [6.45, 7) is 6.76. The number of rotatable bonds is 10. The van der Waals surface area contributed by atoms with E-state index < -0.39 is 0 Å². The van der Waals surface area contributed by atoms with E-state index in [1.54, 1.807) is 0 Å². The molecule has 0 fully saturated rings. The zero-order valence-corrected chi connectivity index (χ0v) is 16.8. The number of allylic oxidation sites excluding steroid dienone is 1. The predicted molar refractivity (Wildman–Crippen MR) is 119 cm³/mol. The number of ether oxygens (including phenoxy) is 1. The molecule has 0 saturated heterocycles. The lowest BCUT2D eigenvalue weighted by Gasteiger charge is -2.14. The molecule has 0 aliphatic carbocycles. The van der Waals surface area contributed by atoms with Crippen molar-refractivity contribution in [3.05, 3.63) is 114 Å². The molecule has 1 heteroatoms. The molecule has 0 aromatic heterocycles. The van der Waals surface area contributed by atoms with Crippen LogP contribution in [0, 0.1) is 0 Å². The molecule has 0 spiro atoms. The van der Waals surface area contributed by atoms with Crippen molar-refractivity contribution in [1.29, 1.82) is 0 Å². The molecule has 0 aliphatic rings. The largest absolute Gasteiger partial charge is 0.494 e. The Morgan fingerprint density at radius 1 is 0.857 bits per heavy atom. The minimum absolute atomic E-state index is 0.392. The standard InChI is InChI=1S/C27H30O/c1-3-25(26-16-18-27(19-17-26)28-4-2)15-9-13-23-12-8-14-24(21-23)20-22-10-6-5-7-11-22/h3,5-8,10-12,14,16-19,21,25H,1,4,9,13,15,20H2,2H3. The van der Waals surface area contributed by atoms with Crippen LogP contribution in [0.15, 0.2) is 91.5 Å². The lowest BCUT2D eigenvalue weighted by atomic mass is 9.92. The van der Waals surface area contributed by atoms with Gasteiger partial charge in [0.2, 0.25) is 0 Å². The topological polar surface area (TPSA) is 9.23 Å². The lowest BCUT2D eigenvalue weighted by Crippen LogP contribution is -1.98. The van der Waals surface area contributed by atoms with Gasteiger partial charge in [-0.25, -0.2) is 0 Å². The molecule has 0 bridgehead atoms. The molecule has 144 valence electrons. The first-order valence-electron chi connectivity index (χ1n) is 10.3. The van der Waals surface area contributed by atoms with E-state index in [4.69, 9.17) is 4.74 Å². The third-order valence-corrected chi connectivity index (χ3v) is 5.13. The first kappa shape index (κ1) is 19.9. The first-order chi connectivity index (χ1) is 13.8. The monoisotopic (exact) mass is 370 g/mol. The summed E-state index contributed by atoms with van der Waals surface area (Å²) in [5, 5.41) is 0. The van der Waals surface area contributed by atoms with Crippen molar-refractivity contribution in [3.63, 3.8) is 0 Å². The Morgan fingerprint density at radius 3 is 2.29 bits per heavy atom.